The number of methoxy groups -OCH3 is 2. The van der Waals surface area contributed by atoms with Crippen LogP contribution in [0, 0.1) is 0 Å². The maximum atomic E-state index is 12.4. The highest BCUT2D eigenvalue weighted by molar-refractivity contribution is 7.91. The highest BCUT2D eigenvalue weighted by atomic mass is 32.2. The SMILES string of the molecule is COc1ccc(S(=O)(=O)CCC(=O)NCC2(O)CCCC2)cc1OC. The van der Waals surface area contributed by atoms with E-state index in [2.05, 4.69) is 5.32 Å². The van der Waals surface area contributed by atoms with Crippen molar-refractivity contribution < 1.29 is 27.8 Å². The molecule has 7 nitrogen and oxygen atoms in total. The number of amides is 1. The Kier molecular flexibility index (Phi) is 6.29. The Morgan fingerprint density at radius 2 is 1.84 bits per heavy atom. The van der Waals surface area contributed by atoms with Crippen LogP contribution in [0.4, 0.5) is 0 Å². The molecule has 0 aliphatic heterocycles. The predicted molar refractivity (Wildman–Crippen MR) is 92.6 cm³/mol. The number of ether oxygens (including phenoxy) is 2. The fourth-order valence-corrected chi connectivity index (χ4v) is 4.17. The lowest BCUT2D eigenvalue weighted by atomic mass is 10.0. The summed E-state index contributed by atoms with van der Waals surface area (Å²) in [5.74, 6) is 0.0529. The largest absolute Gasteiger partial charge is 0.493 e. The van der Waals surface area contributed by atoms with Crippen LogP contribution in [0.1, 0.15) is 32.1 Å². The molecule has 0 aromatic heterocycles. The van der Waals surface area contributed by atoms with Gasteiger partial charge in [-0.25, -0.2) is 8.42 Å². The molecule has 1 aliphatic carbocycles. The first kappa shape index (κ1) is 19.5. The van der Waals surface area contributed by atoms with Crippen molar-refractivity contribution >= 4 is 15.7 Å². The van der Waals surface area contributed by atoms with Gasteiger partial charge >= 0.3 is 0 Å². The fourth-order valence-electron chi connectivity index (χ4n) is 2.92. The van der Waals surface area contributed by atoms with E-state index in [-0.39, 0.29) is 29.5 Å². The molecular formula is C17H25NO6S. The molecular weight excluding hydrogens is 346 g/mol. The molecule has 0 heterocycles. The van der Waals surface area contributed by atoms with E-state index in [1.54, 1.807) is 0 Å². The molecule has 2 N–H and O–H groups in total. The molecule has 25 heavy (non-hydrogen) atoms. The lowest BCUT2D eigenvalue weighted by Crippen LogP contribution is -2.41. The molecule has 1 aromatic carbocycles. The predicted octanol–water partition coefficient (Wildman–Crippen LogP) is 1.29. The minimum atomic E-state index is -3.62. The van der Waals surface area contributed by atoms with Gasteiger partial charge in [0.2, 0.25) is 5.91 Å². The monoisotopic (exact) mass is 371 g/mol. The summed E-state index contributed by atoms with van der Waals surface area (Å²) in [5.41, 5.74) is -0.849. The Morgan fingerprint density at radius 3 is 2.44 bits per heavy atom. The van der Waals surface area contributed by atoms with E-state index in [0.717, 1.165) is 12.8 Å². The van der Waals surface area contributed by atoms with Gasteiger partial charge in [0.15, 0.2) is 21.3 Å². The highest BCUT2D eigenvalue weighted by Gasteiger charge is 2.31. The van der Waals surface area contributed by atoms with Crippen LogP contribution in [0.2, 0.25) is 0 Å². The second kappa shape index (κ2) is 8.05. The van der Waals surface area contributed by atoms with Gasteiger partial charge < -0.3 is 19.9 Å². The molecule has 0 saturated heterocycles. The van der Waals surface area contributed by atoms with E-state index in [0.29, 0.717) is 24.3 Å². The zero-order chi connectivity index (χ0) is 18.5. The Bertz CT molecular complexity index is 710. The van der Waals surface area contributed by atoms with Gasteiger partial charge in [-0.3, -0.25) is 4.79 Å². The number of hydrogen-bond donors (Lipinski definition) is 2. The molecule has 1 aliphatic rings. The Morgan fingerprint density at radius 1 is 1.20 bits per heavy atom. The summed E-state index contributed by atoms with van der Waals surface area (Å²) in [6.07, 6.45) is 3.06. The zero-order valence-electron chi connectivity index (χ0n) is 14.6. The van der Waals surface area contributed by atoms with E-state index in [4.69, 9.17) is 9.47 Å². The van der Waals surface area contributed by atoms with Crippen molar-refractivity contribution in [1.29, 1.82) is 0 Å². The molecule has 8 heteroatoms. The third-order valence-electron chi connectivity index (χ3n) is 4.46. The maximum absolute atomic E-state index is 12.4. The van der Waals surface area contributed by atoms with Crippen LogP contribution < -0.4 is 14.8 Å². The van der Waals surface area contributed by atoms with Gasteiger partial charge in [-0.15, -0.1) is 0 Å². The molecule has 1 saturated carbocycles. The first-order chi connectivity index (χ1) is 11.8. The standard InChI is InChI=1S/C17H25NO6S/c1-23-14-6-5-13(11-15(14)24-2)25(21,22)10-7-16(19)18-12-17(20)8-3-4-9-17/h5-6,11,20H,3-4,7-10,12H2,1-2H3,(H,18,19). The molecule has 0 radical (unpaired) electrons. The van der Waals surface area contributed by atoms with E-state index in [1.807, 2.05) is 0 Å². The van der Waals surface area contributed by atoms with Gasteiger partial charge in [-0.2, -0.15) is 0 Å². The topological polar surface area (TPSA) is 102 Å². The molecule has 0 bridgehead atoms. The van der Waals surface area contributed by atoms with E-state index in [9.17, 15) is 18.3 Å². The Labute approximate surface area is 148 Å². The second-order valence-corrected chi connectivity index (χ2v) is 8.40. The lowest BCUT2D eigenvalue weighted by molar-refractivity contribution is -0.121. The molecule has 1 amide bonds. The number of rotatable bonds is 8. The number of sulfone groups is 1. The molecule has 1 fully saturated rings. The van der Waals surface area contributed by atoms with Crippen LogP contribution >= 0.6 is 0 Å². The maximum Gasteiger partial charge on any atom is 0.221 e. The van der Waals surface area contributed by atoms with Crippen molar-refractivity contribution in [2.45, 2.75) is 42.6 Å². The Balaban J connectivity index is 1.93. The number of hydrogen-bond acceptors (Lipinski definition) is 6. The van der Waals surface area contributed by atoms with Gasteiger partial charge in [0.1, 0.15) is 0 Å². The van der Waals surface area contributed by atoms with Gasteiger partial charge in [0, 0.05) is 19.0 Å². The molecule has 0 atom stereocenters. The van der Waals surface area contributed by atoms with Gasteiger partial charge in [0.05, 0.1) is 30.5 Å². The van der Waals surface area contributed by atoms with Crippen molar-refractivity contribution in [3.8, 4) is 11.5 Å². The summed E-state index contributed by atoms with van der Waals surface area (Å²) >= 11 is 0. The molecule has 0 unspecified atom stereocenters. The van der Waals surface area contributed by atoms with Crippen molar-refractivity contribution in [2.75, 3.05) is 26.5 Å². The third kappa shape index (κ3) is 5.09. The molecule has 2 rings (SSSR count). The second-order valence-electron chi connectivity index (χ2n) is 6.29. The van der Waals surface area contributed by atoms with Gasteiger partial charge in [-0.1, -0.05) is 12.8 Å². The quantitative estimate of drug-likeness (QED) is 0.714. The zero-order valence-corrected chi connectivity index (χ0v) is 15.4. The summed E-state index contributed by atoms with van der Waals surface area (Å²) in [4.78, 5) is 12.0. The van der Waals surface area contributed by atoms with Crippen LogP contribution in [0.5, 0.6) is 11.5 Å². The van der Waals surface area contributed by atoms with Gasteiger partial charge in [0.25, 0.3) is 0 Å². The minimum Gasteiger partial charge on any atom is -0.493 e. The third-order valence-corrected chi connectivity index (χ3v) is 6.17. The van der Waals surface area contributed by atoms with E-state index < -0.39 is 15.4 Å². The highest BCUT2D eigenvalue weighted by Crippen LogP contribution is 2.30. The number of aliphatic hydroxyl groups is 1. The summed E-state index contributed by atoms with van der Waals surface area (Å²) in [7, 11) is -0.731. The van der Waals surface area contributed by atoms with Crippen molar-refractivity contribution in [1.82, 2.24) is 5.32 Å². The first-order valence-corrected chi connectivity index (χ1v) is 9.89. The van der Waals surface area contributed by atoms with Crippen LogP contribution in [-0.2, 0) is 14.6 Å². The van der Waals surface area contributed by atoms with Crippen molar-refractivity contribution in [3.05, 3.63) is 18.2 Å². The summed E-state index contributed by atoms with van der Waals surface area (Å²) in [6.45, 7) is 0.169. The summed E-state index contributed by atoms with van der Waals surface area (Å²) < 4.78 is 35.0. The van der Waals surface area contributed by atoms with E-state index >= 15 is 0 Å². The number of carbonyl (C=O) groups excluding carboxylic acids is 1. The average molecular weight is 371 g/mol. The lowest BCUT2D eigenvalue weighted by Gasteiger charge is -2.22. The van der Waals surface area contributed by atoms with Gasteiger partial charge in [-0.05, 0) is 25.0 Å². The van der Waals surface area contributed by atoms with Crippen LogP contribution in [0.25, 0.3) is 0 Å². The number of benzene rings is 1. The average Bonchev–Trinajstić information content (AvgIpc) is 3.04. The first-order valence-electron chi connectivity index (χ1n) is 8.23. The summed E-state index contributed by atoms with van der Waals surface area (Å²) in [6, 6.07) is 4.32. The number of carbonyl (C=O) groups is 1. The van der Waals surface area contributed by atoms with Crippen LogP contribution in [-0.4, -0.2) is 51.5 Å². The Hall–Kier alpha value is -1.80. The van der Waals surface area contributed by atoms with Crippen molar-refractivity contribution in [2.24, 2.45) is 0 Å². The molecule has 1 aromatic rings. The summed E-state index contributed by atoms with van der Waals surface area (Å²) in [5, 5.41) is 12.8. The van der Waals surface area contributed by atoms with Crippen LogP contribution in [0.3, 0.4) is 0 Å². The minimum absolute atomic E-state index is 0.0763. The molecule has 140 valence electrons. The number of nitrogens with one attached hydrogen (secondary N) is 1. The van der Waals surface area contributed by atoms with Crippen LogP contribution in [0.15, 0.2) is 23.1 Å². The normalized spacial score (nSPS) is 16.4. The van der Waals surface area contributed by atoms with Crippen molar-refractivity contribution in [3.63, 3.8) is 0 Å². The molecule has 0 spiro atoms. The smallest absolute Gasteiger partial charge is 0.221 e. The van der Waals surface area contributed by atoms with E-state index in [1.165, 1.54) is 32.4 Å². The fraction of sp³-hybridized carbons (Fsp3) is 0.588.